The molecule has 4 rings (SSSR count). The SMILES string of the molecule is O=C1C[C@H]2[C@H](CO)[C@@H](OC(=O)c3ccc(-c4ccccc4)cc3)C[C@H]2O1. The second kappa shape index (κ2) is 6.92. The van der Waals surface area contributed by atoms with Gasteiger partial charge >= 0.3 is 11.9 Å². The number of aliphatic hydroxyl groups is 1. The molecular formula is C21H20O5. The number of hydrogen-bond acceptors (Lipinski definition) is 5. The fourth-order valence-electron chi connectivity index (χ4n) is 3.98. The van der Waals surface area contributed by atoms with Gasteiger partial charge in [-0.25, -0.2) is 4.79 Å². The summed E-state index contributed by atoms with van der Waals surface area (Å²) in [5.41, 5.74) is 2.58. The van der Waals surface area contributed by atoms with E-state index in [4.69, 9.17) is 9.47 Å². The van der Waals surface area contributed by atoms with E-state index in [2.05, 4.69) is 0 Å². The predicted molar refractivity (Wildman–Crippen MR) is 94.3 cm³/mol. The Labute approximate surface area is 151 Å². The van der Waals surface area contributed by atoms with Crippen LogP contribution in [-0.4, -0.2) is 35.9 Å². The summed E-state index contributed by atoms with van der Waals surface area (Å²) < 4.78 is 10.9. The van der Waals surface area contributed by atoms with Crippen LogP contribution in [0.5, 0.6) is 0 Å². The van der Waals surface area contributed by atoms with Crippen LogP contribution < -0.4 is 0 Å². The molecule has 2 aromatic carbocycles. The van der Waals surface area contributed by atoms with Crippen molar-refractivity contribution in [3.8, 4) is 11.1 Å². The zero-order valence-electron chi connectivity index (χ0n) is 14.2. The third-order valence-electron chi connectivity index (χ3n) is 5.35. The monoisotopic (exact) mass is 352 g/mol. The van der Waals surface area contributed by atoms with E-state index in [1.54, 1.807) is 12.1 Å². The molecule has 1 aliphatic heterocycles. The molecule has 1 saturated carbocycles. The summed E-state index contributed by atoms with van der Waals surface area (Å²) in [6.45, 7) is -0.122. The van der Waals surface area contributed by atoms with Crippen LogP contribution >= 0.6 is 0 Å². The van der Waals surface area contributed by atoms with E-state index in [0.717, 1.165) is 11.1 Å². The summed E-state index contributed by atoms with van der Waals surface area (Å²) in [6.07, 6.45) is 0.0628. The Bertz CT molecular complexity index is 799. The zero-order valence-corrected chi connectivity index (χ0v) is 14.2. The predicted octanol–water partition coefficient (Wildman–Crippen LogP) is 2.82. The Morgan fingerprint density at radius 3 is 2.46 bits per heavy atom. The molecule has 2 fully saturated rings. The minimum Gasteiger partial charge on any atom is -0.462 e. The van der Waals surface area contributed by atoms with Gasteiger partial charge in [-0.3, -0.25) is 4.79 Å². The first-order chi connectivity index (χ1) is 12.7. The van der Waals surface area contributed by atoms with Gasteiger partial charge in [-0.1, -0.05) is 42.5 Å². The third kappa shape index (κ3) is 3.10. The van der Waals surface area contributed by atoms with Crippen LogP contribution in [0.3, 0.4) is 0 Å². The largest absolute Gasteiger partial charge is 0.462 e. The van der Waals surface area contributed by atoms with Gasteiger partial charge in [0.1, 0.15) is 12.2 Å². The van der Waals surface area contributed by atoms with E-state index in [9.17, 15) is 14.7 Å². The highest BCUT2D eigenvalue weighted by Gasteiger charge is 2.51. The maximum Gasteiger partial charge on any atom is 0.338 e. The first-order valence-corrected chi connectivity index (χ1v) is 8.82. The van der Waals surface area contributed by atoms with E-state index in [1.165, 1.54) is 0 Å². The minimum atomic E-state index is -0.426. The van der Waals surface area contributed by atoms with Crippen LogP contribution in [-0.2, 0) is 14.3 Å². The number of carbonyl (C=O) groups excluding carboxylic acids is 2. The Kier molecular flexibility index (Phi) is 4.47. The Morgan fingerprint density at radius 2 is 1.77 bits per heavy atom. The molecule has 0 unspecified atom stereocenters. The molecule has 134 valence electrons. The van der Waals surface area contributed by atoms with Crippen molar-refractivity contribution in [2.75, 3.05) is 6.61 Å². The van der Waals surface area contributed by atoms with Gasteiger partial charge in [0.15, 0.2) is 0 Å². The van der Waals surface area contributed by atoms with Crippen molar-refractivity contribution in [1.29, 1.82) is 0 Å². The van der Waals surface area contributed by atoms with E-state index < -0.39 is 12.1 Å². The molecule has 0 aromatic heterocycles. The minimum absolute atomic E-state index is 0.0641. The van der Waals surface area contributed by atoms with Gasteiger partial charge in [-0.05, 0) is 23.3 Å². The second-order valence-corrected chi connectivity index (χ2v) is 6.87. The Morgan fingerprint density at radius 1 is 1.08 bits per heavy atom. The van der Waals surface area contributed by atoms with Crippen LogP contribution in [0.25, 0.3) is 11.1 Å². The highest BCUT2D eigenvalue weighted by molar-refractivity contribution is 5.90. The molecular weight excluding hydrogens is 332 g/mol. The standard InChI is InChI=1S/C21H20O5/c22-12-17-16-10-20(23)25-18(16)11-19(17)26-21(24)15-8-6-14(7-9-15)13-4-2-1-3-5-13/h1-9,16-19,22H,10-12H2/t16-,17-,18+,19-/m0/s1. The maximum absolute atomic E-state index is 12.5. The van der Waals surface area contributed by atoms with E-state index in [1.807, 2.05) is 42.5 Å². The van der Waals surface area contributed by atoms with Gasteiger partial charge in [0.25, 0.3) is 0 Å². The highest BCUT2D eigenvalue weighted by Crippen LogP contribution is 2.42. The quantitative estimate of drug-likeness (QED) is 0.857. The van der Waals surface area contributed by atoms with Crippen LogP contribution in [0, 0.1) is 11.8 Å². The summed E-state index contributed by atoms with van der Waals surface area (Å²) >= 11 is 0. The molecule has 0 spiro atoms. The molecule has 26 heavy (non-hydrogen) atoms. The van der Waals surface area contributed by atoms with E-state index in [-0.39, 0.29) is 36.9 Å². The number of carbonyl (C=O) groups is 2. The topological polar surface area (TPSA) is 72.8 Å². The van der Waals surface area contributed by atoms with Gasteiger partial charge in [0.05, 0.1) is 12.0 Å². The Hall–Kier alpha value is -2.66. The van der Waals surface area contributed by atoms with Crippen molar-refractivity contribution < 1.29 is 24.2 Å². The van der Waals surface area contributed by atoms with Crippen molar-refractivity contribution in [1.82, 2.24) is 0 Å². The molecule has 2 aliphatic rings. The molecule has 0 radical (unpaired) electrons. The van der Waals surface area contributed by atoms with Gasteiger partial charge < -0.3 is 14.6 Å². The fraction of sp³-hybridized carbons (Fsp3) is 0.333. The summed E-state index contributed by atoms with van der Waals surface area (Å²) in [7, 11) is 0. The lowest BCUT2D eigenvalue weighted by molar-refractivity contribution is -0.141. The van der Waals surface area contributed by atoms with Crippen molar-refractivity contribution >= 4 is 11.9 Å². The summed E-state index contributed by atoms with van der Waals surface area (Å²) in [5.74, 6) is -0.969. The number of benzene rings is 2. The lowest BCUT2D eigenvalue weighted by atomic mass is 9.93. The summed E-state index contributed by atoms with van der Waals surface area (Å²) in [6, 6.07) is 17.2. The van der Waals surface area contributed by atoms with Crippen LogP contribution in [0.2, 0.25) is 0 Å². The molecule has 5 heteroatoms. The van der Waals surface area contributed by atoms with Gasteiger partial charge in [-0.2, -0.15) is 0 Å². The molecule has 0 bridgehead atoms. The van der Waals surface area contributed by atoms with E-state index >= 15 is 0 Å². The molecule has 5 nitrogen and oxygen atoms in total. The molecule has 1 saturated heterocycles. The van der Waals surface area contributed by atoms with Gasteiger partial charge in [-0.15, -0.1) is 0 Å². The van der Waals surface area contributed by atoms with Crippen molar-refractivity contribution in [2.45, 2.75) is 25.0 Å². The number of esters is 2. The van der Waals surface area contributed by atoms with Gasteiger partial charge in [0.2, 0.25) is 0 Å². The smallest absolute Gasteiger partial charge is 0.338 e. The number of hydrogen-bond donors (Lipinski definition) is 1. The number of fused-ring (bicyclic) bond motifs is 1. The lowest BCUT2D eigenvalue weighted by Crippen LogP contribution is -2.28. The number of ether oxygens (including phenoxy) is 2. The molecule has 1 aliphatic carbocycles. The van der Waals surface area contributed by atoms with Crippen LogP contribution in [0.4, 0.5) is 0 Å². The second-order valence-electron chi connectivity index (χ2n) is 6.87. The van der Waals surface area contributed by atoms with E-state index in [0.29, 0.717) is 12.0 Å². The zero-order chi connectivity index (χ0) is 18.1. The van der Waals surface area contributed by atoms with Crippen molar-refractivity contribution in [2.24, 2.45) is 11.8 Å². The van der Waals surface area contributed by atoms with Gasteiger partial charge in [0, 0.05) is 24.9 Å². The summed E-state index contributed by atoms with van der Waals surface area (Å²) in [4.78, 5) is 23.9. The molecule has 0 amide bonds. The first-order valence-electron chi connectivity index (χ1n) is 8.82. The van der Waals surface area contributed by atoms with Crippen molar-refractivity contribution in [3.63, 3.8) is 0 Å². The molecule has 4 atom stereocenters. The molecule has 1 N–H and O–H groups in total. The van der Waals surface area contributed by atoms with Crippen LogP contribution in [0.15, 0.2) is 54.6 Å². The highest BCUT2D eigenvalue weighted by atomic mass is 16.6. The average Bonchev–Trinajstić information content (AvgIpc) is 3.17. The average molecular weight is 352 g/mol. The lowest BCUT2D eigenvalue weighted by Gasteiger charge is -2.20. The van der Waals surface area contributed by atoms with Crippen LogP contribution in [0.1, 0.15) is 23.2 Å². The molecule has 2 aromatic rings. The fourth-order valence-corrected chi connectivity index (χ4v) is 3.98. The Balaban J connectivity index is 1.44. The molecule has 1 heterocycles. The van der Waals surface area contributed by atoms with Crippen molar-refractivity contribution in [3.05, 3.63) is 60.2 Å². The maximum atomic E-state index is 12.5. The normalized spacial score (nSPS) is 27.0. The first kappa shape index (κ1) is 16.8. The number of rotatable bonds is 4. The number of aliphatic hydroxyl groups excluding tert-OH is 1. The summed E-state index contributed by atoms with van der Waals surface area (Å²) in [5, 5.41) is 9.66. The third-order valence-corrected chi connectivity index (χ3v) is 5.35.